The van der Waals surface area contributed by atoms with Crippen LogP contribution in [0.1, 0.15) is 65.9 Å². The average molecular weight is 479 g/mol. The Bertz CT molecular complexity index is 874. The summed E-state index contributed by atoms with van der Waals surface area (Å²) < 4.78 is 18.1. The van der Waals surface area contributed by atoms with Gasteiger partial charge in [0.25, 0.3) is 0 Å². The lowest BCUT2D eigenvalue weighted by Crippen LogP contribution is -2.51. The predicted molar refractivity (Wildman–Crippen MR) is 138 cm³/mol. The fourth-order valence-corrected chi connectivity index (χ4v) is 7.63. The van der Waals surface area contributed by atoms with Gasteiger partial charge in [0.2, 0.25) is 0 Å². The summed E-state index contributed by atoms with van der Waals surface area (Å²) in [6.45, 7) is 21.2. The van der Waals surface area contributed by atoms with E-state index in [9.17, 15) is 0 Å². The fourth-order valence-electron chi connectivity index (χ4n) is 5.93. The first-order chi connectivity index (χ1) is 14.7. The summed E-state index contributed by atoms with van der Waals surface area (Å²) >= 11 is 6.78. The maximum absolute atomic E-state index is 7.05. The second kappa shape index (κ2) is 8.67. The summed E-state index contributed by atoms with van der Waals surface area (Å²) in [6.07, 6.45) is 5.65. The van der Waals surface area contributed by atoms with Crippen LogP contribution < -0.4 is 9.47 Å². The van der Waals surface area contributed by atoms with Crippen molar-refractivity contribution in [3.63, 3.8) is 0 Å². The SMILES string of the molecule is C=C1CC[C@]2(C)[C@@H](CC[C@H]2O[Si](C)(C)C(C)(C)C)[C@]1(C)Cc1cc(OC)cc(OC)c1Cl. The topological polar surface area (TPSA) is 27.7 Å². The molecular formula is C27H43ClO3Si. The van der Waals surface area contributed by atoms with Gasteiger partial charge in [0, 0.05) is 6.07 Å². The molecule has 1 aromatic carbocycles. The van der Waals surface area contributed by atoms with Gasteiger partial charge in [-0.2, -0.15) is 0 Å². The number of methoxy groups -OCH3 is 2. The zero-order valence-corrected chi connectivity index (χ0v) is 23.4. The molecule has 0 heterocycles. The third kappa shape index (κ3) is 4.28. The smallest absolute Gasteiger partial charge is 0.192 e. The highest BCUT2D eigenvalue weighted by atomic mass is 35.5. The normalized spacial score (nSPS) is 30.9. The zero-order valence-electron chi connectivity index (χ0n) is 21.7. The van der Waals surface area contributed by atoms with Crippen LogP contribution in [0.4, 0.5) is 0 Å². The van der Waals surface area contributed by atoms with Gasteiger partial charge in [-0.3, -0.25) is 0 Å². The van der Waals surface area contributed by atoms with Gasteiger partial charge in [0.1, 0.15) is 11.5 Å². The Labute approximate surface area is 202 Å². The molecule has 2 aliphatic rings. The lowest BCUT2D eigenvalue weighted by atomic mass is 9.53. The Kier molecular flexibility index (Phi) is 6.95. The van der Waals surface area contributed by atoms with E-state index >= 15 is 0 Å². The number of ether oxygens (including phenoxy) is 2. The van der Waals surface area contributed by atoms with Gasteiger partial charge in [-0.1, -0.05) is 58.4 Å². The lowest BCUT2D eigenvalue weighted by molar-refractivity contribution is -0.0155. The highest BCUT2D eigenvalue weighted by molar-refractivity contribution is 6.74. The molecule has 4 atom stereocenters. The first-order valence-electron chi connectivity index (χ1n) is 12.0. The van der Waals surface area contributed by atoms with E-state index in [0.717, 1.165) is 37.0 Å². The Hall–Kier alpha value is -0.973. The van der Waals surface area contributed by atoms with Crippen molar-refractivity contribution in [2.45, 2.75) is 91.0 Å². The zero-order chi connectivity index (χ0) is 24.1. The number of fused-ring (bicyclic) bond motifs is 1. The maximum Gasteiger partial charge on any atom is 0.192 e. The number of benzene rings is 1. The van der Waals surface area contributed by atoms with Gasteiger partial charge in [-0.05, 0) is 78.6 Å². The summed E-state index contributed by atoms with van der Waals surface area (Å²) in [5, 5.41) is 0.898. The van der Waals surface area contributed by atoms with Crippen molar-refractivity contribution in [1.82, 2.24) is 0 Å². The van der Waals surface area contributed by atoms with E-state index in [1.54, 1.807) is 14.2 Å². The fraction of sp³-hybridized carbons (Fsp3) is 0.704. The van der Waals surface area contributed by atoms with Crippen LogP contribution in [0.25, 0.3) is 0 Å². The third-order valence-corrected chi connectivity index (χ3v) is 14.1. The maximum atomic E-state index is 7.05. The van der Waals surface area contributed by atoms with E-state index < -0.39 is 8.32 Å². The molecule has 1 aromatic rings. The van der Waals surface area contributed by atoms with Crippen molar-refractivity contribution in [2.75, 3.05) is 14.2 Å². The lowest BCUT2D eigenvalue weighted by Gasteiger charge is -2.53. The Morgan fingerprint density at radius 2 is 1.78 bits per heavy atom. The van der Waals surface area contributed by atoms with Crippen LogP contribution in [0.2, 0.25) is 23.2 Å². The highest BCUT2D eigenvalue weighted by Crippen LogP contribution is 2.63. The summed E-state index contributed by atoms with van der Waals surface area (Å²) in [4.78, 5) is 0. The first kappa shape index (κ1) is 25.6. The molecule has 3 rings (SSSR count). The van der Waals surface area contributed by atoms with Crippen molar-refractivity contribution < 1.29 is 13.9 Å². The molecule has 180 valence electrons. The van der Waals surface area contributed by atoms with Gasteiger partial charge >= 0.3 is 0 Å². The molecule has 5 heteroatoms. The van der Waals surface area contributed by atoms with Crippen LogP contribution in [-0.2, 0) is 10.8 Å². The number of hydrogen-bond acceptors (Lipinski definition) is 3. The quantitative estimate of drug-likeness (QED) is 0.305. The van der Waals surface area contributed by atoms with E-state index in [2.05, 4.69) is 60.4 Å². The van der Waals surface area contributed by atoms with E-state index in [4.69, 9.17) is 25.5 Å². The molecule has 0 spiro atoms. The molecule has 2 fully saturated rings. The van der Waals surface area contributed by atoms with Gasteiger partial charge in [0.05, 0.1) is 25.3 Å². The van der Waals surface area contributed by atoms with Crippen LogP contribution >= 0.6 is 11.6 Å². The molecule has 32 heavy (non-hydrogen) atoms. The summed E-state index contributed by atoms with van der Waals surface area (Å²) in [7, 11) is 1.50. The van der Waals surface area contributed by atoms with E-state index in [0.29, 0.717) is 22.8 Å². The van der Waals surface area contributed by atoms with Gasteiger partial charge < -0.3 is 13.9 Å². The van der Waals surface area contributed by atoms with Crippen molar-refractivity contribution in [3.8, 4) is 11.5 Å². The number of hydrogen-bond donors (Lipinski definition) is 0. The van der Waals surface area contributed by atoms with Gasteiger partial charge in [-0.25, -0.2) is 0 Å². The summed E-state index contributed by atoms with van der Waals surface area (Å²) in [6, 6.07) is 3.92. The van der Waals surface area contributed by atoms with E-state index in [-0.39, 0.29) is 15.9 Å². The molecule has 2 aliphatic carbocycles. The standard InChI is InChI=1S/C27H43ClO3Si/c1-18-13-14-26(5)22(11-12-23(26)31-32(9,10)25(2,3)4)27(18,6)17-19-15-20(29-7)16-21(30-8)24(19)28/h15-16,22-23H,1,11-14,17H2,2-10H3/t22-,23-,26-,27-/m1/s1. The van der Waals surface area contributed by atoms with Crippen LogP contribution in [0, 0.1) is 16.7 Å². The first-order valence-corrected chi connectivity index (χ1v) is 15.2. The second-order valence-corrected chi connectivity index (χ2v) is 17.1. The molecule has 0 unspecified atom stereocenters. The van der Waals surface area contributed by atoms with Gasteiger partial charge in [-0.15, -0.1) is 0 Å². The van der Waals surface area contributed by atoms with Crippen LogP contribution in [0.5, 0.6) is 11.5 Å². The van der Waals surface area contributed by atoms with Crippen molar-refractivity contribution in [1.29, 1.82) is 0 Å². The highest BCUT2D eigenvalue weighted by Gasteiger charge is 2.58. The minimum atomic E-state index is -1.84. The molecule has 2 saturated carbocycles. The molecular weight excluding hydrogens is 436 g/mol. The molecule has 0 radical (unpaired) electrons. The number of allylic oxidation sites excluding steroid dienone is 1. The monoisotopic (exact) mass is 478 g/mol. The Morgan fingerprint density at radius 3 is 2.34 bits per heavy atom. The molecule has 0 bridgehead atoms. The minimum absolute atomic E-state index is 0.0421. The van der Waals surface area contributed by atoms with E-state index in [1.165, 1.54) is 12.0 Å². The molecule has 3 nitrogen and oxygen atoms in total. The van der Waals surface area contributed by atoms with Crippen molar-refractivity contribution in [3.05, 3.63) is 34.9 Å². The van der Waals surface area contributed by atoms with Crippen molar-refractivity contribution in [2.24, 2.45) is 16.7 Å². The summed E-state index contributed by atoms with van der Waals surface area (Å²) in [5.74, 6) is 1.96. The summed E-state index contributed by atoms with van der Waals surface area (Å²) in [5.41, 5.74) is 2.52. The molecule has 0 amide bonds. The Balaban J connectivity index is 1.96. The van der Waals surface area contributed by atoms with Crippen LogP contribution in [-0.4, -0.2) is 28.6 Å². The molecule has 0 aromatic heterocycles. The minimum Gasteiger partial charge on any atom is -0.497 e. The Morgan fingerprint density at radius 1 is 1.12 bits per heavy atom. The molecule has 0 aliphatic heterocycles. The molecule has 0 N–H and O–H groups in total. The van der Waals surface area contributed by atoms with Gasteiger partial charge in [0.15, 0.2) is 8.32 Å². The van der Waals surface area contributed by atoms with E-state index in [1.807, 2.05) is 6.07 Å². The number of halogens is 1. The van der Waals surface area contributed by atoms with Crippen molar-refractivity contribution >= 4 is 19.9 Å². The van der Waals surface area contributed by atoms with Crippen LogP contribution in [0.15, 0.2) is 24.3 Å². The predicted octanol–water partition coefficient (Wildman–Crippen LogP) is 8.06. The molecule has 0 saturated heterocycles. The number of rotatable bonds is 6. The largest absolute Gasteiger partial charge is 0.497 e. The van der Waals surface area contributed by atoms with Crippen LogP contribution in [0.3, 0.4) is 0 Å². The third-order valence-electron chi connectivity index (χ3n) is 9.14. The second-order valence-electron chi connectivity index (χ2n) is 12.0. The average Bonchev–Trinajstić information content (AvgIpc) is 3.03.